The third-order valence-corrected chi connectivity index (χ3v) is 6.09. The number of fused-ring (bicyclic) bond motifs is 1. The van der Waals surface area contributed by atoms with Gasteiger partial charge in [-0.2, -0.15) is 21.6 Å². The molecular formula is C23H19F3N4O3S. The Morgan fingerprint density at radius 1 is 0.912 bits per heavy atom. The third kappa shape index (κ3) is 5.05. The summed E-state index contributed by atoms with van der Waals surface area (Å²) in [6.07, 6.45) is -4.51. The molecule has 3 aromatic carbocycles. The molecule has 34 heavy (non-hydrogen) atoms. The van der Waals surface area contributed by atoms with Crippen molar-refractivity contribution in [3.05, 3.63) is 84.1 Å². The fraction of sp³-hybridized carbons (Fsp3) is 0.0870. The van der Waals surface area contributed by atoms with Crippen LogP contribution in [-0.2, 0) is 16.4 Å². The molecule has 0 saturated heterocycles. The molecule has 4 N–H and O–H groups in total. The van der Waals surface area contributed by atoms with E-state index >= 15 is 0 Å². The van der Waals surface area contributed by atoms with Crippen molar-refractivity contribution in [1.29, 1.82) is 0 Å². The predicted molar refractivity (Wildman–Crippen MR) is 125 cm³/mol. The number of aromatic nitrogens is 1. The standard InChI is InChI=1S/C23H19F3N4O3S/c1-27-34(32,33)30-17-10-9-15-12-21(29-20(15)13-17)22(31)28-16-6-4-5-14(11-16)18-7-2-3-8-19(18)23(24,25)26/h2-13,27,29-30H,1H3,(H,28,31). The van der Waals surface area contributed by atoms with E-state index in [0.29, 0.717) is 27.8 Å². The number of nitrogens with one attached hydrogen (secondary N) is 4. The molecule has 1 aromatic heterocycles. The van der Waals surface area contributed by atoms with Crippen molar-refractivity contribution in [2.24, 2.45) is 0 Å². The number of benzene rings is 3. The fourth-order valence-corrected chi connectivity index (χ4v) is 4.00. The zero-order valence-electron chi connectivity index (χ0n) is 17.7. The average molecular weight is 488 g/mol. The van der Waals surface area contributed by atoms with Crippen LogP contribution >= 0.6 is 0 Å². The topological polar surface area (TPSA) is 103 Å². The van der Waals surface area contributed by atoms with Crippen LogP contribution in [0.5, 0.6) is 0 Å². The molecule has 0 unspecified atom stereocenters. The van der Waals surface area contributed by atoms with Crippen LogP contribution < -0.4 is 14.8 Å². The van der Waals surface area contributed by atoms with Crippen molar-refractivity contribution < 1.29 is 26.4 Å². The molecule has 0 aliphatic rings. The lowest BCUT2D eigenvalue weighted by molar-refractivity contribution is -0.137. The van der Waals surface area contributed by atoms with Gasteiger partial charge < -0.3 is 10.3 Å². The maximum absolute atomic E-state index is 13.4. The highest BCUT2D eigenvalue weighted by atomic mass is 32.2. The highest BCUT2D eigenvalue weighted by Gasteiger charge is 2.33. The first-order valence-corrected chi connectivity index (χ1v) is 11.5. The number of anilines is 2. The monoisotopic (exact) mass is 488 g/mol. The Labute approximate surface area is 193 Å². The van der Waals surface area contributed by atoms with Gasteiger partial charge in [-0.3, -0.25) is 9.52 Å². The Morgan fingerprint density at radius 3 is 2.41 bits per heavy atom. The molecule has 7 nitrogen and oxygen atoms in total. The molecular weight excluding hydrogens is 469 g/mol. The number of alkyl halides is 3. The molecule has 176 valence electrons. The molecule has 0 aliphatic heterocycles. The van der Waals surface area contributed by atoms with Crippen molar-refractivity contribution in [1.82, 2.24) is 9.71 Å². The summed E-state index contributed by atoms with van der Waals surface area (Å²) in [6, 6.07) is 17.7. The first-order chi connectivity index (χ1) is 16.1. The van der Waals surface area contributed by atoms with E-state index in [2.05, 4.69) is 19.7 Å². The zero-order chi connectivity index (χ0) is 24.5. The molecule has 1 heterocycles. The smallest absolute Gasteiger partial charge is 0.350 e. The molecule has 0 saturated carbocycles. The highest BCUT2D eigenvalue weighted by Crippen LogP contribution is 2.37. The molecule has 0 fully saturated rings. The van der Waals surface area contributed by atoms with Crippen LogP contribution in [0.4, 0.5) is 24.5 Å². The Kier molecular flexibility index (Phi) is 6.07. The summed E-state index contributed by atoms with van der Waals surface area (Å²) < 4.78 is 68.0. The van der Waals surface area contributed by atoms with E-state index in [9.17, 15) is 26.4 Å². The first-order valence-electron chi connectivity index (χ1n) is 9.98. The van der Waals surface area contributed by atoms with Gasteiger partial charge >= 0.3 is 6.18 Å². The SMILES string of the molecule is CNS(=O)(=O)Nc1ccc2cc(C(=O)Nc3cccc(-c4ccccc4C(F)(F)F)c3)[nH]c2c1. The van der Waals surface area contributed by atoms with Gasteiger partial charge in [0.05, 0.1) is 11.3 Å². The van der Waals surface area contributed by atoms with Gasteiger partial charge in [0.15, 0.2) is 0 Å². The van der Waals surface area contributed by atoms with Crippen molar-refractivity contribution in [2.45, 2.75) is 6.18 Å². The van der Waals surface area contributed by atoms with Gasteiger partial charge in [0, 0.05) is 23.6 Å². The number of hydrogen-bond acceptors (Lipinski definition) is 3. The predicted octanol–water partition coefficient (Wildman–Crippen LogP) is 4.98. The number of carbonyl (C=O) groups excluding carboxylic acids is 1. The second-order valence-electron chi connectivity index (χ2n) is 7.37. The van der Waals surface area contributed by atoms with E-state index in [1.165, 1.54) is 43.4 Å². The summed E-state index contributed by atoms with van der Waals surface area (Å²) in [6.45, 7) is 0. The van der Waals surface area contributed by atoms with Gasteiger partial charge in [-0.1, -0.05) is 36.4 Å². The molecule has 0 bridgehead atoms. The number of aromatic amines is 1. The lowest BCUT2D eigenvalue weighted by Crippen LogP contribution is -2.26. The van der Waals surface area contributed by atoms with E-state index in [1.807, 2.05) is 0 Å². The van der Waals surface area contributed by atoms with E-state index in [4.69, 9.17) is 0 Å². The van der Waals surface area contributed by atoms with Gasteiger partial charge in [-0.05, 0) is 47.5 Å². The number of H-pyrrole nitrogens is 1. The van der Waals surface area contributed by atoms with Gasteiger partial charge in [0.1, 0.15) is 5.69 Å². The summed E-state index contributed by atoms with van der Waals surface area (Å²) in [5.74, 6) is -0.505. The summed E-state index contributed by atoms with van der Waals surface area (Å²) in [5.41, 5.74) is 0.891. The van der Waals surface area contributed by atoms with Crippen molar-refractivity contribution in [2.75, 3.05) is 17.1 Å². The molecule has 0 radical (unpaired) electrons. The summed E-state index contributed by atoms with van der Waals surface area (Å²) in [4.78, 5) is 15.7. The minimum Gasteiger partial charge on any atom is -0.350 e. The molecule has 4 rings (SSSR count). The second-order valence-corrected chi connectivity index (χ2v) is 8.99. The Morgan fingerprint density at radius 2 is 1.68 bits per heavy atom. The third-order valence-electron chi connectivity index (χ3n) is 5.05. The summed E-state index contributed by atoms with van der Waals surface area (Å²) >= 11 is 0. The zero-order valence-corrected chi connectivity index (χ0v) is 18.5. The van der Waals surface area contributed by atoms with Crippen LogP contribution in [0.1, 0.15) is 16.1 Å². The Balaban J connectivity index is 1.58. The minimum absolute atomic E-state index is 0.00765. The van der Waals surface area contributed by atoms with Crippen molar-refractivity contribution in [3.63, 3.8) is 0 Å². The van der Waals surface area contributed by atoms with Crippen LogP contribution in [0.2, 0.25) is 0 Å². The number of amides is 1. The van der Waals surface area contributed by atoms with Gasteiger partial charge in [0.25, 0.3) is 16.1 Å². The minimum atomic E-state index is -4.51. The van der Waals surface area contributed by atoms with Crippen molar-refractivity contribution in [3.8, 4) is 11.1 Å². The first kappa shape index (κ1) is 23.3. The van der Waals surface area contributed by atoms with Crippen molar-refractivity contribution >= 4 is 38.4 Å². The number of rotatable bonds is 6. The van der Waals surface area contributed by atoms with Gasteiger partial charge in [0.2, 0.25) is 0 Å². The summed E-state index contributed by atoms with van der Waals surface area (Å²) in [5, 5.41) is 3.35. The number of carbonyl (C=O) groups is 1. The maximum atomic E-state index is 13.4. The van der Waals surface area contributed by atoms with Crippen LogP contribution in [0, 0.1) is 0 Å². The molecule has 11 heteroatoms. The average Bonchev–Trinajstić information content (AvgIpc) is 3.22. The fourth-order valence-electron chi connectivity index (χ4n) is 3.46. The quantitative estimate of drug-likeness (QED) is 0.308. The van der Waals surface area contributed by atoms with E-state index < -0.39 is 27.9 Å². The molecule has 4 aromatic rings. The molecule has 0 spiro atoms. The maximum Gasteiger partial charge on any atom is 0.417 e. The van der Waals surface area contributed by atoms with Crippen LogP contribution in [0.25, 0.3) is 22.0 Å². The van der Waals surface area contributed by atoms with Crippen LogP contribution in [-0.4, -0.2) is 26.4 Å². The molecule has 1 amide bonds. The van der Waals surface area contributed by atoms with E-state index in [0.717, 1.165) is 6.07 Å². The van der Waals surface area contributed by atoms with Crippen LogP contribution in [0.3, 0.4) is 0 Å². The number of halogens is 3. The normalized spacial score (nSPS) is 12.0. The van der Waals surface area contributed by atoms with E-state index in [-0.39, 0.29) is 11.3 Å². The second kappa shape index (κ2) is 8.84. The van der Waals surface area contributed by atoms with Gasteiger partial charge in [-0.25, -0.2) is 4.72 Å². The van der Waals surface area contributed by atoms with E-state index in [1.54, 1.807) is 30.3 Å². The lowest BCUT2D eigenvalue weighted by Gasteiger charge is -2.13. The summed E-state index contributed by atoms with van der Waals surface area (Å²) in [7, 11) is -2.42. The van der Waals surface area contributed by atoms with Gasteiger partial charge in [-0.15, -0.1) is 0 Å². The lowest BCUT2D eigenvalue weighted by atomic mass is 9.99. The highest BCUT2D eigenvalue weighted by molar-refractivity contribution is 7.90. The largest absolute Gasteiger partial charge is 0.417 e. The van der Waals surface area contributed by atoms with Crippen LogP contribution in [0.15, 0.2) is 72.8 Å². The Bertz CT molecular complexity index is 1480. The molecule has 0 atom stereocenters. The Hall–Kier alpha value is -3.83. The molecule has 0 aliphatic carbocycles. The number of hydrogen-bond donors (Lipinski definition) is 4.